The van der Waals surface area contributed by atoms with Crippen LogP contribution in [0.2, 0.25) is 0 Å². The fourth-order valence-corrected chi connectivity index (χ4v) is 4.13. The van der Waals surface area contributed by atoms with Crippen molar-refractivity contribution in [2.75, 3.05) is 18.2 Å². The molecule has 3 aromatic rings. The van der Waals surface area contributed by atoms with Crippen LogP contribution in [-0.2, 0) is 29.1 Å². The van der Waals surface area contributed by atoms with E-state index in [4.69, 9.17) is 9.47 Å². The monoisotopic (exact) mass is 497 g/mol. The number of carbonyl (C=O) groups is 2. The molecule has 1 aromatic heterocycles. The molecule has 2 amide bonds. The lowest BCUT2D eigenvalue weighted by molar-refractivity contribution is -0.127. The number of amides is 2. The van der Waals surface area contributed by atoms with E-state index in [9.17, 15) is 9.59 Å². The quantitative estimate of drug-likeness (QED) is 0.368. The molecule has 1 heterocycles. The van der Waals surface area contributed by atoms with E-state index in [-0.39, 0.29) is 24.1 Å². The van der Waals surface area contributed by atoms with Crippen LogP contribution >= 0.6 is 11.8 Å². The average Bonchev–Trinajstić information content (AvgIpc) is 3.28. The van der Waals surface area contributed by atoms with Gasteiger partial charge in [0.1, 0.15) is 11.5 Å². The lowest BCUT2D eigenvalue weighted by Crippen LogP contribution is -2.36. The highest BCUT2D eigenvalue weighted by Gasteiger charge is 2.18. The van der Waals surface area contributed by atoms with Crippen molar-refractivity contribution in [3.05, 3.63) is 59.9 Å². The average molecular weight is 498 g/mol. The summed E-state index contributed by atoms with van der Waals surface area (Å²) in [4.78, 5) is 24.9. The van der Waals surface area contributed by atoms with Crippen LogP contribution in [0.4, 0.5) is 5.69 Å². The molecule has 0 aliphatic heterocycles. The Bertz CT molecular complexity index is 1130. The van der Waals surface area contributed by atoms with Gasteiger partial charge in [-0.05, 0) is 50.1 Å². The molecule has 0 bridgehead atoms. The molecule has 0 saturated carbocycles. The van der Waals surface area contributed by atoms with E-state index < -0.39 is 6.10 Å². The highest BCUT2D eigenvalue weighted by Crippen LogP contribution is 2.24. The number of para-hydroxylation sites is 2. The minimum atomic E-state index is -0.659. The van der Waals surface area contributed by atoms with Crippen molar-refractivity contribution < 1.29 is 19.1 Å². The number of anilines is 1. The molecule has 186 valence electrons. The SMILES string of the molecule is CCc1ccc(O[C@@H](C)C(=O)NCc2nnc(SCC(=O)Nc3ccccc3OC)n2CC)cc1. The highest BCUT2D eigenvalue weighted by atomic mass is 32.2. The Morgan fingerprint density at radius 3 is 2.51 bits per heavy atom. The normalized spacial score (nSPS) is 11.5. The van der Waals surface area contributed by atoms with Gasteiger partial charge in [0.2, 0.25) is 5.91 Å². The lowest BCUT2D eigenvalue weighted by atomic mass is 10.2. The van der Waals surface area contributed by atoms with Crippen molar-refractivity contribution >= 4 is 29.3 Å². The summed E-state index contributed by atoms with van der Waals surface area (Å²) >= 11 is 1.28. The molecule has 0 aliphatic rings. The predicted octanol–water partition coefficient (Wildman–Crippen LogP) is 3.68. The third-order valence-electron chi connectivity index (χ3n) is 5.26. The van der Waals surface area contributed by atoms with Gasteiger partial charge in [-0.25, -0.2) is 0 Å². The van der Waals surface area contributed by atoms with Crippen molar-refractivity contribution in [1.82, 2.24) is 20.1 Å². The summed E-state index contributed by atoms with van der Waals surface area (Å²) < 4.78 is 12.9. The number of aromatic nitrogens is 3. The maximum atomic E-state index is 12.5. The molecule has 0 spiro atoms. The van der Waals surface area contributed by atoms with Crippen LogP contribution in [0.15, 0.2) is 53.7 Å². The van der Waals surface area contributed by atoms with Crippen LogP contribution in [-0.4, -0.2) is 45.5 Å². The molecular formula is C25H31N5O4S. The number of hydrogen-bond donors (Lipinski definition) is 2. The van der Waals surface area contributed by atoms with Gasteiger partial charge in [-0.3, -0.25) is 9.59 Å². The number of carbonyl (C=O) groups excluding carboxylic acids is 2. The molecule has 1 atom stereocenters. The topological polar surface area (TPSA) is 107 Å². The molecule has 10 heteroatoms. The van der Waals surface area contributed by atoms with Gasteiger partial charge in [-0.1, -0.05) is 43.0 Å². The van der Waals surface area contributed by atoms with Crippen LogP contribution in [0, 0.1) is 0 Å². The summed E-state index contributed by atoms with van der Waals surface area (Å²) in [6.07, 6.45) is 0.286. The molecule has 2 aromatic carbocycles. The Balaban J connectivity index is 1.52. The first-order chi connectivity index (χ1) is 16.9. The number of nitrogens with one attached hydrogen (secondary N) is 2. The number of methoxy groups -OCH3 is 1. The first-order valence-corrected chi connectivity index (χ1v) is 12.4. The summed E-state index contributed by atoms with van der Waals surface area (Å²) in [5.41, 5.74) is 1.82. The van der Waals surface area contributed by atoms with Crippen LogP contribution in [0.5, 0.6) is 11.5 Å². The summed E-state index contributed by atoms with van der Waals surface area (Å²) in [6.45, 7) is 6.55. The standard InChI is InChI=1S/C25H31N5O4S/c1-5-18-11-13-19(14-12-18)34-17(3)24(32)26-15-22-28-29-25(30(22)6-2)35-16-23(31)27-20-9-7-8-10-21(20)33-4/h7-14,17H,5-6,15-16H2,1-4H3,(H,26,32)(H,27,31)/t17-/m0/s1. The zero-order chi connectivity index (χ0) is 25.2. The van der Waals surface area contributed by atoms with E-state index in [0.717, 1.165) is 6.42 Å². The van der Waals surface area contributed by atoms with Crippen LogP contribution < -0.4 is 20.1 Å². The lowest BCUT2D eigenvalue weighted by Gasteiger charge is -2.15. The van der Waals surface area contributed by atoms with E-state index in [2.05, 4.69) is 27.8 Å². The summed E-state index contributed by atoms with van der Waals surface area (Å²) in [5.74, 6) is 1.57. The number of thioether (sulfide) groups is 1. The molecule has 0 aliphatic carbocycles. The summed E-state index contributed by atoms with van der Waals surface area (Å²) in [6, 6.07) is 14.9. The van der Waals surface area contributed by atoms with Crippen LogP contribution in [0.3, 0.4) is 0 Å². The van der Waals surface area contributed by atoms with E-state index in [1.165, 1.54) is 17.3 Å². The number of hydrogen-bond acceptors (Lipinski definition) is 7. The van der Waals surface area contributed by atoms with Gasteiger partial charge in [0.05, 0.1) is 25.1 Å². The molecule has 3 rings (SSSR count). The van der Waals surface area contributed by atoms with Gasteiger partial charge in [0.25, 0.3) is 5.91 Å². The first-order valence-electron chi connectivity index (χ1n) is 11.5. The van der Waals surface area contributed by atoms with Crippen molar-refractivity contribution in [3.63, 3.8) is 0 Å². The third-order valence-corrected chi connectivity index (χ3v) is 6.22. The summed E-state index contributed by atoms with van der Waals surface area (Å²) in [7, 11) is 1.56. The second-order valence-electron chi connectivity index (χ2n) is 7.66. The fraction of sp³-hybridized carbons (Fsp3) is 0.360. The molecule has 0 radical (unpaired) electrons. The highest BCUT2D eigenvalue weighted by molar-refractivity contribution is 7.99. The molecule has 35 heavy (non-hydrogen) atoms. The third kappa shape index (κ3) is 7.22. The number of rotatable bonds is 12. The fourth-order valence-electron chi connectivity index (χ4n) is 3.31. The molecular weight excluding hydrogens is 466 g/mol. The Morgan fingerprint density at radius 2 is 1.83 bits per heavy atom. The second kappa shape index (κ2) is 12.8. The molecule has 9 nitrogen and oxygen atoms in total. The number of nitrogens with zero attached hydrogens (tertiary/aromatic N) is 3. The van der Waals surface area contributed by atoms with Crippen molar-refractivity contribution in [1.29, 1.82) is 0 Å². The van der Waals surface area contributed by atoms with Gasteiger partial charge in [0, 0.05) is 6.54 Å². The molecule has 0 unspecified atom stereocenters. The maximum Gasteiger partial charge on any atom is 0.261 e. The minimum Gasteiger partial charge on any atom is -0.495 e. The Labute approximate surface area is 209 Å². The Morgan fingerprint density at radius 1 is 1.09 bits per heavy atom. The Hall–Kier alpha value is -3.53. The minimum absolute atomic E-state index is 0.157. The van der Waals surface area contributed by atoms with Gasteiger partial charge in [-0.2, -0.15) is 0 Å². The van der Waals surface area contributed by atoms with E-state index in [0.29, 0.717) is 34.7 Å². The van der Waals surface area contributed by atoms with E-state index in [1.54, 1.807) is 26.2 Å². The molecule has 0 saturated heterocycles. The van der Waals surface area contributed by atoms with Crippen molar-refractivity contribution in [3.8, 4) is 11.5 Å². The Kier molecular flexibility index (Phi) is 9.54. The number of aryl methyl sites for hydroxylation is 1. The molecule has 0 fully saturated rings. The largest absolute Gasteiger partial charge is 0.495 e. The van der Waals surface area contributed by atoms with Gasteiger partial charge >= 0.3 is 0 Å². The second-order valence-corrected chi connectivity index (χ2v) is 8.60. The predicted molar refractivity (Wildman–Crippen MR) is 136 cm³/mol. The summed E-state index contributed by atoms with van der Waals surface area (Å²) in [5, 5.41) is 14.7. The van der Waals surface area contributed by atoms with Crippen LogP contribution in [0.25, 0.3) is 0 Å². The number of benzene rings is 2. The van der Waals surface area contributed by atoms with Crippen molar-refractivity contribution in [2.24, 2.45) is 0 Å². The maximum absolute atomic E-state index is 12.5. The van der Waals surface area contributed by atoms with Gasteiger partial charge in [-0.15, -0.1) is 10.2 Å². The van der Waals surface area contributed by atoms with Crippen molar-refractivity contribution in [2.45, 2.75) is 51.5 Å². The molecule has 2 N–H and O–H groups in total. The van der Waals surface area contributed by atoms with Gasteiger partial charge in [0.15, 0.2) is 17.1 Å². The van der Waals surface area contributed by atoms with Crippen LogP contribution in [0.1, 0.15) is 32.2 Å². The van der Waals surface area contributed by atoms with Gasteiger partial charge < -0.3 is 24.7 Å². The van der Waals surface area contributed by atoms with E-state index in [1.807, 2.05) is 47.9 Å². The van der Waals surface area contributed by atoms with E-state index >= 15 is 0 Å². The zero-order valence-electron chi connectivity index (χ0n) is 20.4. The number of ether oxygens (including phenoxy) is 2. The zero-order valence-corrected chi connectivity index (χ0v) is 21.2. The smallest absolute Gasteiger partial charge is 0.261 e. The first kappa shape index (κ1) is 26.1.